The predicted octanol–water partition coefficient (Wildman–Crippen LogP) is 1.86. The van der Waals surface area contributed by atoms with Crippen LogP contribution in [0.3, 0.4) is 0 Å². The fraction of sp³-hybridized carbons (Fsp3) is 0.455. The molecule has 0 bridgehead atoms. The lowest BCUT2D eigenvalue weighted by molar-refractivity contribution is -0.904. The second-order valence-electron chi connectivity index (χ2n) is 4.13. The van der Waals surface area contributed by atoms with Crippen molar-refractivity contribution in [1.82, 2.24) is 0 Å². The van der Waals surface area contributed by atoms with Crippen LogP contribution < -0.4 is 0 Å². The van der Waals surface area contributed by atoms with Gasteiger partial charge in [-0.2, -0.15) is 0 Å². The van der Waals surface area contributed by atoms with Gasteiger partial charge in [-0.3, -0.25) is 0 Å². The molecule has 2 nitrogen and oxygen atoms in total. The van der Waals surface area contributed by atoms with Crippen LogP contribution >= 0.6 is 22.6 Å². The summed E-state index contributed by atoms with van der Waals surface area (Å²) in [5.74, 6) is 0. The first kappa shape index (κ1) is 11.9. The lowest BCUT2D eigenvalue weighted by Gasteiger charge is -2.29. The molecule has 0 saturated carbocycles. The number of aliphatic hydroxyl groups excluding tert-OH is 1. The van der Waals surface area contributed by atoms with E-state index in [0.29, 0.717) is 0 Å². The van der Waals surface area contributed by atoms with Gasteiger partial charge < -0.3 is 9.59 Å². The van der Waals surface area contributed by atoms with Gasteiger partial charge in [0.05, 0.1) is 20.7 Å². The molecule has 1 rings (SSSR count). The van der Waals surface area contributed by atoms with Crippen LogP contribution in [0, 0.1) is 3.57 Å². The van der Waals surface area contributed by atoms with Crippen LogP contribution in [0.1, 0.15) is 5.56 Å². The number of quaternary nitrogens is 1. The third-order valence-electron chi connectivity index (χ3n) is 2.26. The molecule has 0 saturated heterocycles. The first-order valence-electron chi connectivity index (χ1n) is 4.71. The Bertz CT molecular complexity index is 299. The second-order valence-corrected chi connectivity index (χ2v) is 5.29. The maximum Gasteiger partial charge on any atom is 0.105 e. The highest BCUT2D eigenvalue weighted by atomic mass is 127. The number of rotatable bonds is 4. The van der Waals surface area contributed by atoms with Gasteiger partial charge >= 0.3 is 0 Å². The Hall–Kier alpha value is -0.130. The zero-order chi connectivity index (χ0) is 10.6. The third kappa shape index (κ3) is 3.55. The predicted molar refractivity (Wildman–Crippen MR) is 66.9 cm³/mol. The Morgan fingerprint density at radius 1 is 1.29 bits per heavy atom. The second kappa shape index (κ2) is 5.09. The number of likely N-dealkylation sites (N-methyl/N-ethyl adjacent to an activating group) is 1. The van der Waals surface area contributed by atoms with E-state index in [1.54, 1.807) is 0 Å². The van der Waals surface area contributed by atoms with E-state index in [2.05, 4.69) is 61.0 Å². The number of hydrogen-bond donors (Lipinski definition) is 1. The molecule has 78 valence electrons. The Labute approximate surface area is 99.3 Å². The molecule has 1 N–H and O–H groups in total. The molecule has 0 radical (unpaired) electrons. The fourth-order valence-electron chi connectivity index (χ4n) is 1.44. The molecule has 0 fully saturated rings. The molecule has 0 unspecified atom stereocenters. The standard InChI is InChI=1S/C11H17INO/c1-13(2,7-8-14)9-10-5-3-4-6-11(10)12/h3-6,14H,7-9H2,1-2H3/q+1. The van der Waals surface area contributed by atoms with Gasteiger partial charge in [-0.25, -0.2) is 0 Å². The summed E-state index contributed by atoms with van der Waals surface area (Å²) in [5.41, 5.74) is 1.35. The maximum atomic E-state index is 8.93. The summed E-state index contributed by atoms with van der Waals surface area (Å²) < 4.78 is 2.13. The Morgan fingerprint density at radius 3 is 2.50 bits per heavy atom. The van der Waals surface area contributed by atoms with Crippen molar-refractivity contribution in [3.05, 3.63) is 33.4 Å². The molecule has 14 heavy (non-hydrogen) atoms. The first-order chi connectivity index (χ1) is 6.55. The highest BCUT2D eigenvalue weighted by Crippen LogP contribution is 2.15. The van der Waals surface area contributed by atoms with E-state index in [9.17, 15) is 0 Å². The number of hydrogen-bond acceptors (Lipinski definition) is 1. The normalized spacial score (nSPS) is 11.7. The smallest absolute Gasteiger partial charge is 0.105 e. The van der Waals surface area contributed by atoms with Crippen LogP contribution in [-0.4, -0.2) is 36.8 Å². The monoisotopic (exact) mass is 306 g/mol. The van der Waals surface area contributed by atoms with Crippen LogP contribution in [0.15, 0.2) is 24.3 Å². The molecule has 0 aliphatic carbocycles. The summed E-state index contributed by atoms with van der Waals surface area (Å²) in [6.07, 6.45) is 0. The summed E-state index contributed by atoms with van der Waals surface area (Å²) in [6, 6.07) is 8.39. The van der Waals surface area contributed by atoms with Gasteiger partial charge in [-0.1, -0.05) is 18.2 Å². The van der Waals surface area contributed by atoms with E-state index < -0.39 is 0 Å². The molecule has 1 aromatic carbocycles. The molecule has 0 aliphatic heterocycles. The van der Waals surface area contributed by atoms with Crippen LogP contribution in [0.5, 0.6) is 0 Å². The van der Waals surface area contributed by atoms with Crippen molar-refractivity contribution in [3.8, 4) is 0 Å². The van der Waals surface area contributed by atoms with Crippen LogP contribution in [-0.2, 0) is 6.54 Å². The molecular weight excluding hydrogens is 289 g/mol. The third-order valence-corrected chi connectivity index (χ3v) is 3.31. The van der Waals surface area contributed by atoms with Crippen LogP contribution in [0.4, 0.5) is 0 Å². The van der Waals surface area contributed by atoms with Gasteiger partial charge in [-0.05, 0) is 28.7 Å². The Kier molecular flexibility index (Phi) is 4.34. The van der Waals surface area contributed by atoms with Crippen molar-refractivity contribution in [2.24, 2.45) is 0 Å². The van der Waals surface area contributed by atoms with E-state index >= 15 is 0 Å². The zero-order valence-corrected chi connectivity index (χ0v) is 10.9. The summed E-state index contributed by atoms with van der Waals surface area (Å²) in [6.45, 7) is 2.01. The molecule has 0 aromatic heterocycles. The number of halogens is 1. The van der Waals surface area contributed by atoms with E-state index in [1.165, 1.54) is 9.13 Å². The Morgan fingerprint density at radius 2 is 1.93 bits per heavy atom. The average Bonchev–Trinajstić information content (AvgIpc) is 2.08. The van der Waals surface area contributed by atoms with Crippen molar-refractivity contribution >= 4 is 22.6 Å². The first-order valence-corrected chi connectivity index (χ1v) is 5.79. The molecule has 0 heterocycles. The summed E-state index contributed by atoms with van der Waals surface area (Å²) in [4.78, 5) is 0. The molecule has 0 atom stereocenters. The zero-order valence-electron chi connectivity index (χ0n) is 8.70. The molecule has 0 aliphatic rings. The van der Waals surface area contributed by atoms with E-state index in [-0.39, 0.29) is 6.61 Å². The SMILES string of the molecule is C[N+](C)(CCO)Cc1ccccc1I. The number of nitrogens with zero attached hydrogens (tertiary/aromatic N) is 1. The molecule has 1 aromatic rings. The quantitative estimate of drug-likeness (QED) is 0.665. The highest BCUT2D eigenvalue weighted by molar-refractivity contribution is 14.1. The lowest BCUT2D eigenvalue weighted by Crippen LogP contribution is -2.41. The van der Waals surface area contributed by atoms with Gasteiger partial charge in [0.15, 0.2) is 0 Å². The minimum atomic E-state index is 0.246. The lowest BCUT2D eigenvalue weighted by atomic mass is 10.2. The van der Waals surface area contributed by atoms with Crippen LogP contribution in [0.2, 0.25) is 0 Å². The average molecular weight is 306 g/mol. The van der Waals surface area contributed by atoms with Gasteiger partial charge in [0.25, 0.3) is 0 Å². The van der Waals surface area contributed by atoms with E-state index in [1.807, 2.05) is 0 Å². The van der Waals surface area contributed by atoms with Gasteiger partial charge in [0, 0.05) is 9.13 Å². The van der Waals surface area contributed by atoms with Crippen molar-refractivity contribution in [3.63, 3.8) is 0 Å². The van der Waals surface area contributed by atoms with Crippen molar-refractivity contribution in [1.29, 1.82) is 0 Å². The van der Waals surface area contributed by atoms with E-state index in [0.717, 1.165) is 17.6 Å². The topological polar surface area (TPSA) is 20.2 Å². The van der Waals surface area contributed by atoms with Gasteiger partial charge in [0.2, 0.25) is 0 Å². The maximum absolute atomic E-state index is 8.93. The number of aliphatic hydroxyl groups is 1. The Balaban J connectivity index is 2.73. The van der Waals surface area contributed by atoms with Gasteiger partial charge in [0.1, 0.15) is 13.1 Å². The van der Waals surface area contributed by atoms with Gasteiger partial charge in [-0.15, -0.1) is 0 Å². The summed E-state index contributed by atoms with van der Waals surface area (Å²) in [5, 5.41) is 8.93. The minimum Gasteiger partial charge on any atom is -0.391 e. The fourth-order valence-corrected chi connectivity index (χ4v) is 2.00. The van der Waals surface area contributed by atoms with E-state index in [4.69, 9.17) is 5.11 Å². The van der Waals surface area contributed by atoms with Crippen LogP contribution in [0.25, 0.3) is 0 Å². The number of benzene rings is 1. The molecular formula is C11H17INO+. The molecule has 0 spiro atoms. The summed E-state index contributed by atoms with van der Waals surface area (Å²) in [7, 11) is 4.28. The summed E-state index contributed by atoms with van der Waals surface area (Å²) >= 11 is 2.36. The van der Waals surface area contributed by atoms with Crippen molar-refractivity contribution in [2.75, 3.05) is 27.2 Å². The molecule has 3 heteroatoms. The largest absolute Gasteiger partial charge is 0.391 e. The minimum absolute atomic E-state index is 0.246. The highest BCUT2D eigenvalue weighted by Gasteiger charge is 2.15. The van der Waals surface area contributed by atoms with Crippen molar-refractivity contribution < 1.29 is 9.59 Å². The van der Waals surface area contributed by atoms with Crippen molar-refractivity contribution in [2.45, 2.75) is 6.54 Å². The molecule has 0 amide bonds.